The molecule has 3 heterocycles. The van der Waals surface area contributed by atoms with E-state index in [2.05, 4.69) is 17.2 Å². The maximum atomic E-state index is 14.2. The molecule has 0 radical (unpaired) electrons. The Labute approximate surface area is 249 Å². The van der Waals surface area contributed by atoms with Gasteiger partial charge in [-0.15, -0.1) is 0 Å². The van der Waals surface area contributed by atoms with Gasteiger partial charge >= 0.3 is 6.03 Å². The molecule has 2 N–H and O–H groups in total. The van der Waals surface area contributed by atoms with Crippen LogP contribution in [0.3, 0.4) is 0 Å². The molecular formula is C33H33ClN4O4. The van der Waals surface area contributed by atoms with Crippen LogP contribution in [0.2, 0.25) is 5.02 Å². The van der Waals surface area contributed by atoms with Crippen LogP contribution >= 0.6 is 11.6 Å². The van der Waals surface area contributed by atoms with Gasteiger partial charge in [-0.3, -0.25) is 14.5 Å². The number of carbonyl (C=O) groups is 3. The minimum atomic E-state index is -0.732. The van der Waals surface area contributed by atoms with Crippen molar-refractivity contribution in [3.63, 3.8) is 0 Å². The molecule has 42 heavy (non-hydrogen) atoms. The Hall–Kier alpha value is -4.14. The third kappa shape index (κ3) is 5.05. The summed E-state index contributed by atoms with van der Waals surface area (Å²) in [5.74, 6) is -0.695. The number of unbranched alkanes of at least 4 members (excludes halogenated alkanes) is 1. The van der Waals surface area contributed by atoms with Crippen molar-refractivity contribution in [1.82, 2.24) is 15.2 Å². The van der Waals surface area contributed by atoms with Crippen LogP contribution in [0, 0.1) is 0 Å². The number of benzene rings is 3. The minimum absolute atomic E-state index is 0.272. The van der Waals surface area contributed by atoms with Crippen LogP contribution in [0.5, 0.6) is 0 Å². The van der Waals surface area contributed by atoms with Gasteiger partial charge in [0.25, 0.3) is 11.8 Å². The van der Waals surface area contributed by atoms with Gasteiger partial charge in [0.05, 0.1) is 11.3 Å². The zero-order valence-electron chi connectivity index (χ0n) is 23.4. The highest BCUT2D eigenvalue weighted by molar-refractivity contribution is 6.30. The summed E-state index contributed by atoms with van der Waals surface area (Å²) in [7, 11) is 0. The van der Waals surface area contributed by atoms with E-state index >= 15 is 0 Å². The molecule has 0 spiro atoms. The van der Waals surface area contributed by atoms with Crippen LogP contribution in [-0.2, 0) is 16.0 Å². The number of H-pyrrole nitrogens is 1. The molecule has 1 saturated heterocycles. The van der Waals surface area contributed by atoms with E-state index in [1.54, 1.807) is 35.2 Å². The molecule has 0 aliphatic carbocycles. The Morgan fingerprint density at radius 2 is 1.81 bits per heavy atom. The Bertz CT molecular complexity index is 1650. The standard InChI is InChI=1S/C33H33ClN4O4/c1-2-3-17-42-18-9-16-35-31(39)24-13-5-7-15-27(24)38-32(40)28-20-25-23-12-4-6-14-26(23)36-29(25)30(37(28)33(38)41)21-10-8-11-22(34)19-21/h4-8,10-15,19,28,30,36H,2-3,9,16-18,20H2,1H3,(H,35,39). The van der Waals surface area contributed by atoms with Crippen molar-refractivity contribution < 1.29 is 19.1 Å². The van der Waals surface area contributed by atoms with E-state index in [1.807, 2.05) is 42.5 Å². The van der Waals surface area contributed by atoms with Crippen LogP contribution in [0.4, 0.5) is 10.5 Å². The summed E-state index contributed by atoms with van der Waals surface area (Å²) in [5, 5.41) is 4.48. The smallest absolute Gasteiger partial charge is 0.332 e. The van der Waals surface area contributed by atoms with Gasteiger partial charge in [0.1, 0.15) is 12.1 Å². The summed E-state index contributed by atoms with van der Waals surface area (Å²) in [5.41, 5.74) is 4.17. The van der Waals surface area contributed by atoms with Gasteiger partial charge in [-0.2, -0.15) is 0 Å². The van der Waals surface area contributed by atoms with Gasteiger partial charge < -0.3 is 15.0 Å². The van der Waals surface area contributed by atoms with Gasteiger partial charge in [0.15, 0.2) is 0 Å². The SMILES string of the molecule is CCCCOCCCNC(=O)c1ccccc1N1C(=O)C2Cc3c([nH]c4ccccc34)C(c3cccc(Cl)c3)N2C1=O. The number of nitrogens with one attached hydrogen (secondary N) is 2. The number of aromatic amines is 1. The predicted molar refractivity (Wildman–Crippen MR) is 163 cm³/mol. The number of halogens is 1. The quantitative estimate of drug-likeness (QED) is 0.170. The highest BCUT2D eigenvalue weighted by Crippen LogP contribution is 2.45. The average molecular weight is 585 g/mol. The fourth-order valence-electron chi connectivity index (χ4n) is 6.00. The molecule has 6 rings (SSSR count). The summed E-state index contributed by atoms with van der Waals surface area (Å²) in [4.78, 5) is 47.9. The first-order chi connectivity index (χ1) is 20.5. The lowest BCUT2D eigenvalue weighted by Gasteiger charge is -2.36. The highest BCUT2D eigenvalue weighted by Gasteiger charge is 2.53. The molecule has 2 unspecified atom stereocenters. The summed E-state index contributed by atoms with van der Waals surface area (Å²) in [6, 6.07) is 20.3. The van der Waals surface area contributed by atoms with Crippen molar-refractivity contribution in [1.29, 1.82) is 0 Å². The molecular weight excluding hydrogens is 552 g/mol. The van der Waals surface area contributed by atoms with Crippen molar-refractivity contribution in [2.24, 2.45) is 0 Å². The number of hydrogen-bond acceptors (Lipinski definition) is 4. The summed E-state index contributed by atoms with van der Waals surface area (Å²) >= 11 is 6.40. The van der Waals surface area contributed by atoms with E-state index in [9.17, 15) is 14.4 Å². The number of rotatable bonds is 10. The fraction of sp³-hybridized carbons (Fsp3) is 0.303. The van der Waals surface area contributed by atoms with Gasteiger partial charge in [-0.25, -0.2) is 9.69 Å². The van der Waals surface area contributed by atoms with E-state index in [0.717, 1.165) is 40.6 Å². The summed E-state index contributed by atoms with van der Waals surface area (Å²) < 4.78 is 5.58. The summed E-state index contributed by atoms with van der Waals surface area (Å²) in [6.07, 6.45) is 3.11. The van der Waals surface area contributed by atoms with Crippen molar-refractivity contribution in [2.45, 2.75) is 44.7 Å². The zero-order chi connectivity index (χ0) is 29.2. The number of nitrogens with zero attached hydrogens (tertiary/aromatic N) is 2. The Kier molecular flexibility index (Phi) is 8.00. The van der Waals surface area contributed by atoms with Gasteiger partial charge in [-0.05, 0) is 54.3 Å². The van der Waals surface area contributed by atoms with E-state index in [1.165, 1.54) is 4.90 Å². The molecule has 2 aliphatic heterocycles. The Morgan fingerprint density at radius 1 is 1.02 bits per heavy atom. The lowest BCUT2D eigenvalue weighted by atomic mass is 9.89. The molecule has 2 atom stereocenters. The number of aromatic nitrogens is 1. The van der Waals surface area contributed by atoms with Crippen LogP contribution in [0.1, 0.15) is 59.4 Å². The second-order valence-electron chi connectivity index (χ2n) is 10.7. The molecule has 1 aromatic heterocycles. The third-order valence-electron chi connectivity index (χ3n) is 8.00. The van der Waals surface area contributed by atoms with Gasteiger partial charge in [-0.1, -0.05) is 67.4 Å². The lowest BCUT2D eigenvalue weighted by Crippen LogP contribution is -2.44. The highest BCUT2D eigenvalue weighted by atomic mass is 35.5. The molecule has 0 saturated carbocycles. The van der Waals surface area contributed by atoms with Crippen molar-refractivity contribution in [3.05, 3.63) is 100 Å². The number of imide groups is 1. The predicted octanol–water partition coefficient (Wildman–Crippen LogP) is 6.24. The van der Waals surface area contributed by atoms with Crippen molar-refractivity contribution in [2.75, 3.05) is 24.7 Å². The average Bonchev–Trinajstić information content (AvgIpc) is 3.49. The molecule has 0 bridgehead atoms. The first-order valence-electron chi connectivity index (χ1n) is 14.5. The molecule has 3 aromatic carbocycles. The Balaban J connectivity index is 1.32. The lowest BCUT2D eigenvalue weighted by molar-refractivity contribution is -0.120. The molecule has 4 amide bonds. The van der Waals surface area contributed by atoms with Crippen LogP contribution < -0.4 is 10.2 Å². The van der Waals surface area contributed by atoms with Crippen LogP contribution in [-0.4, -0.2) is 53.5 Å². The number of para-hydroxylation sites is 2. The molecule has 216 valence electrons. The molecule has 2 aliphatic rings. The number of carbonyl (C=O) groups excluding carboxylic acids is 3. The van der Waals surface area contributed by atoms with E-state index < -0.39 is 18.1 Å². The minimum Gasteiger partial charge on any atom is -0.381 e. The number of urea groups is 1. The van der Waals surface area contributed by atoms with Crippen molar-refractivity contribution >= 4 is 46.0 Å². The van der Waals surface area contributed by atoms with Crippen LogP contribution in [0.25, 0.3) is 10.9 Å². The molecule has 9 heteroatoms. The first-order valence-corrected chi connectivity index (χ1v) is 14.8. The zero-order valence-corrected chi connectivity index (χ0v) is 24.2. The first kappa shape index (κ1) is 28.0. The van der Waals surface area contributed by atoms with Crippen LogP contribution in [0.15, 0.2) is 72.8 Å². The number of amides is 4. The molecule has 1 fully saturated rings. The maximum absolute atomic E-state index is 14.2. The topological polar surface area (TPSA) is 94.7 Å². The molecule has 4 aromatic rings. The van der Waals surface area contributed by atoms with E-state index in [0.29, 0.717) is 37.6 Å². The number of fused-ring (bicyclic) bond motifs is 4. The number of ether oxygens (including phenoxy) is 1. The Morgan fingerprint density at radius 3 is 2.64 bits per heavy atom. The normalized spacial score (nSPS) is 18.0. The number of hydrogen-bond donors (Lipinski definition) is 2. The van der Waals surface area contributed by atoms with Gasteiger partial charge in [0, 0.05) is 47.8 Å². The van der Waals surface area contributed by atoms with E-state index in [-0.39, 0.29) is 23.1 Å². The molecule has 8 nitrogen and oxygen atoms in total. The maximum Gasteiger partial charge on any atom is 0.332 e. The second kappa shape index (κ2) is 12.0. The van der Waals surface area contributed by atoms with Crippen molar-refractivity contribution in [3.8, 4) is 0 Å². The number of anilines is 1. The summed E-state index contributed by atoms with van der Waals surface area (Å²) in [6.45, 7) is 3.80. The fourth-order valence-corrected chi connectivity index (χ4v) is 6.20. The van der Waals surface area contributed by atoms with Gasteiger partial charge in [0.2, 0.25) is 0 Å². The third-order valence-corrected chi connectivity index (χ3v) is 8.23. The second-order valence-corrected chi connectivity index (χ2v) is 11.1. The monoisotopic (exact) mass is 584 g/mol. The largest absolute Gasteiger partial charge is 0.381 e. The van der Waals surface area contributed by atoms with E-state index in [4.69, 9.17) is 16.3 Å².